The molecule has 0 saturated heterocycles. The summed E-state index contributed by atoms with van der Waals surface area (Å²) in [6, 6.07) is 22.2. The molecule has 4 rings (SSSR count). The first-order valence-electron chi connectivity index (χ1n) is 9.15. The van der Waals surface area contributed by atoms with E-state index in [1.807, 2.05) is 12.1 Å². The zero-order chi connectivity index (χ0) is 20.9. The number of carboxylic acids is 1. The van der Waals surface area contributed by atoms with Crippen molar-refractivity contribution in [1.29, 1.82) is 0 Å². The van der Waals surface area contributed by atoms with Crippen LogP contribution in [0.15, 0.2) is 73.1 Å². The first-order valence-corrected chi connectivity index (χ1v) is 9.15. The van der Waals surface area contributed by atoms with Gasteiger partial charge in [-0.3, -0.25) is 0 Å². The van der Waals surface area contributed by atoms with E-state index in [2.05, 4.69) is 70.8 Å². The third-order valence-electron chi connectivity index (χ3n) is 4.73. The van der Waals surface area contributed by atoms with Gasteiger partial charge in [0.15, 0.2) is 0 Å². The highest BCUT2D eigenvalue weighted by Gasteiger charge is 2.38. The van der Waals surface area contributed by atoms with Crippen molar-refractivity contribution in [1.82, 2.24) is 9.88 Å². The number of halogens is 3. The topological polar surface area (TPSA) is 54.3 Å². The Hall–Kier alpha value is -3.06. The summed E-state index contributed by atoms with van der Waals surface area (Å²) in [4.78, 5) is 8.90. The number of benzene rings is 2. The van der Waals surface area contributed by atoms with E-state index in [0.29, 0.717) is 6.04 Å². The summed E-state index contributed by atoms with van der Waals surface area (Å²) in [6.07, 6.45) is 1.36. The first-order chi connectivity index (χ1) is 13.8. The van der Waals surface area contributed by atoms with Crippen LogP contribution in [-0.2, 0) is 24.2 Å². The van der Waals surface area contributed by atoms with E-state index < -0.39 is 12.1 Å². The van der Waals surface area contributed by atoms with Crippen molar-refractivity contribution in [2.24, 2.45) is 0 Å². The van der Waals surface area contributed by atoms with Crippen molar-refractivity contribution in [3.05, 3.63) is 89.7 Å². The SMILES string of the molecule is O=C(O)C(F)(F)F.c1ccc2c(c1)CC(NCc1ccc(-n3cccc3)cc1)C2. The molecule has 0 radical (unpaired) electrons. The number of nitrogens with one attached hydrogen (secondary N) is 1. The number of rotatable bonds is 4. The van der Waals surface area contributed by atoms with Gasteiger partial charge in [-0.2, -0.15) is 13.2 Å². The highest BCUT2D eigenvalue weighted by Crippen LogP contribution is 2.22. The Labute approximate surface area is 166 Å². The number of hydrogen-bond donors (Lipinski definition) is 2. The molecular formula is C22H21F3N2O2. The summed E-state index contributed by atoms with van der Waals surface area (Å²) >= 11 is 0. The molecule has 1 aliphatic carbocycles. The number of carboxylic acid groups (broad SMARTS) is 1. The number of aliphatic carboxylic acids is 1. The van der Waals surface area contributed by atoms with Gasteiger partial charge in [0.25, 0.3) is 0 Å². The summed E-state index contributed by atoms with van der Waals surface area (Å²) < 4.78 is 33.9. The van der Waals surface area contributed by atoms with Crippen LogP contribution in [0.3, 0.4) is 0 Å². The highest BCUT2D eigenvalue weighted by atomic mass is 19.4. The molecule has 1 aromatic heterocycles. The van der Waals surface area contributed by atoms with E-state index >= 15 is 0 Å². The predicted octanol–water partition coefficient (Wildman–Crippen LogP) is 4.37. The maximum Gasteiger partial charge on any atom is 0.490 e. The van der Waals surface area contributed by atoms with Gasteiger partial charge in [-0.05, 0) is 53.8 Å². The van der Waals surface area contributed by atoms with Crippen LogP contribution in [0.5, 0.6) is 0 Å². The lowest BCUT2D eigenvalue weighted by Crippen LogP contribution is -2.28. The Balaban J connectivity index is 0.000000298. The van der Waals surface area contributed by atoms with Gasteiger partial charge < -0.3 is 15.0 Å². The maximum absolute atomic E-state index is 10.6. The molecule has 0 fully saturated rings. The summed E-state index contributed by atoms with van der Waals surface area (Å²) in [7, 11) is 0. The third kappa shape index (κ3) is 5.71. The Morgan fingerprint density at radius 1 is 0.966 bits per heavy atom. The molecule has 2 N–H and O–H groups in total. The standard InChI is InChI=1S/C20H20N2.C2HF3O2/c1-2-6-18-14-19(13-17(18)5-1)21-15-16-7-9-20(10-8-16)22-11-3-4-12-22;3-2(4,5)1(6)7/h1-12,19,21H,13-15H2;(H,6,7). The molecule has 1 heterocycles. The molecule has 4 nitrogen and oxygen atoms in total. The van der Waals surface area contributed by atoms with Crippen molar-refractivity contribution in [2.45, 2.75) is 31.6 Å². The first kappa shape index (κ1) is 20.7. The van der Waals surface area contributed by atoms with E-state index in [1.165, 1.54) is 22.4 Å². The maximum atomic E-state index is 10.6. The summed E-state index contributed by atoms with van der Waals surface area (Å²) in [6.45, 7) is 0.935. The average Bonchev–Trinajstić information content (AvgIpc) is 3.36. The zero-order valence-corrected chi connectivity index (χ0v) is 15.6. The molecule has 2 aromatic carbocycles. The van der Waals surface area contributed by atoms with Gasteiger partial charge in [-0.25, -0.2) is 4.79 Å². The zero-order valence-electron chi connectivity index (χ0n) is 15.6. The quantitative estimate of drug-likeness (QED) is 0.682. The molecule has 0 aliphatic heterocycles. The van der Waals surface area contributed by atoms with Gasteiger partial charge in [-0.1, -0.05) is 36.4 Å². The van der Waals surface area contributed by atoms with Crippen LogP contribution < -0.4 is 5.32 Å². The largest absolute Gasteiger partial charge is 0.490 e. The van der Waals surface area contributed by atoms with Gasteiger partial charge in [0, 0.05) is 30.7 Å². The molecular weight excluding hydrogens is 381 g/mol. The Morgan fingerprint density at radius 2 is 1.48 bits per heavy atom. The van der Waals surface area contributed by atoms with Crippen LogP contribution in [0.1, 0.15) is 16.7 Å². The third-order valence-corrected chi connectivity index (χ3v) is 4.73. The summed E-state index contributed by atoms with van der Waals surface area (Å²) in [5.41, 5.74) is 5.56. The molecule has 0 spiro atoms. The van der Waals surface area contributed by atoms with Crippen LogP contribution in [0.2, 0.25) is 0 Å². The van der Waals surface area contributed by atoms with Crippen molar-refractivity contribution in [3.63, 3.8) is 0 Å². The summed E-state index contributed by atoms with van der Waals surface area (Å²) in [5, 5.41) is 10.8. The minimum absolute atomic E-state index is 0.571. The monoisotopic (exact) mass is 402 g/mol. The molecule has 3 aromatic rings. The summed E-state index contributed by atoms with van der Waals surface area (Å²) in [5.74, 6) is -2.76. The lowest BCUT2D eigenvalue weighted by molar-refractivity contribution is -0.192. The van der Waals surface area contributed by atoms with E-state index in [1.54, 1.807) is 0 Å². The second-order valence-corrected chi connectivity index (χ2v) is 6.81. The fraction of sp³-hybridized carbons (Fsp3) is 0.227. The fourth-order valence-corrected chi connectivity index (χ4v) is 3.26. The van der Waals surface area contributed by atoms with Crippen LogP contribution in [0, 0.1) is 0 Å². The number of hydrogen-bond acceptors (Lipinski definition) is 2. The lowest BCUT2D eigenvalue weighted by atomic mass is 10.1. The van der Waals surface area contributed by atoms with Crippen LogP contribution >= 0.6 is 0 Å². The minimum atomic E-state index is -5.08. The lowest BCUT2D eigenvalue weighted by Gasteiger charge is -2.12. The molecule has 7 heteroatoms. The van der Waals surface area contributed by atoms with E-state index in [0.717, 1.165) is 19.4 Å². The second-order valence-electron chi connectivity index (χ2n) is 6.81. The van der Waals surface area contributed by atoms with Crippen molar-refractivity contribution in [3.8, 4) is 5.69 Å². The molecule has 0 saturated carbocycles. The van der Waals surface area contributed by atoms with Crippen LogP contribution in [-0.4, -0.2) is 27.9 Å². The normalized spacial score (nSPS) is 13.5. The van der Waals surface area contributed by atoms with Gasteiger partial charge in [0.05, 0.1) is 0 Å². The van der Waals surface area contributed by atoms with Gasteiger partial charge >= 0.3 is 12.1 Å². The predicted molar refractivity (Wildman–Crippen MR) is 104 cm³/mol. The van der Waals surface area contributed by atoms with Crippen molar-refractivity contribution in [2.75, 3.05) is 0 Å². The number of nitrogens with zero attached hydrogens (tertiary/aromatic N) is 1. The number of aromatic nitrogens is 1. The smallest absolute Gasteiger partial charge is 0.475 e. The molecule has 0 unspecified atom stereocenters. The highest BCUT2D eigenvalue weighted by molar-refractivity contribution is 5.73. The average molecular weight is 402 g/mol. The van der Waals surface area contributed by atoms with Crippen LogP contribution in [0.25, 0.3) is 5.69 Å². The Bertz CT molecular complexity index is 910. The Morgan fingerprint density at radius 3 is 1.97 bits per heavy atom. The Kier molecular flexibility index (Phi) is 6.39. The van der Waals surface area contributed by atoms with E-state index in [-0.39, 0.29) is 0 Å². The number of carbonyl (C=O) groups is 1. The van der Waals surface area contributed by atoms with Crippen LogP contribution in [0.4, 0.5) is 13.2 Å². The van der Waals surface area contributed by atoms with Gasteiger partial charge in [-0.15, -0.1) is 0 Å². The minimum Gasteiger partial charge on any atom is -0.475 e. The second kappa shape index (κ2) is 8.96. The fourth-order valence-electron chi connectivity index (χ4n) is 3.26. The van der Waals surface area contributed by atoms with E-state index in [9.17, 15) is 13.2 Å². The number of fused-ring (bicyclic) bond motifs is 1. The van der Waals surface area contributed by atoms with Gasteiger partial charge in [0.2, 0.25) is 0 Å². The van der Waals surface area contributed by atoms with Crippen molar-refractivity contribution < 1.29 is 23.1 Å². The van der Waals surface area contributed by atoms with Gasteiger partial charge in [0.1, 0.15) is 0 Å². The molecule has 152 valence electrons. The number of alkyl halides is 3. The molecule has 1 aliphatic rings. The van der Waals surface area contributed by atoms with Crippen molar-refractivity contribution >= 4 is 5.97 Å². The molecule has 0 atom stereocenters. The molecule has 0 bridgehead atoms. The molecule has 0 amide bonds. The van der Waals surface area contributed by atoms with E-state index in [4.69, 9.17) is 9.90 Å². The molecule has 29 heavy (non-hydrogen) atoms.